The van der Waals surface area contributed by atoms with Gasteiger partial charge >= 0.3 is 6.03 Å². The second-order valence-electron chi connectivity index (χ2n) is 8.61. The van der Waals surface area contributed by atoms with Gasteiger partial charge in [0.05, 0.1) is 24.1 Å². The lowest BCUT2D eigenvalue weighted by atomic mass is 10.0. The van der Waals surface area contributed by atoms with E-state index in [2.05, 4.69) is 20.9 Å². The van der Waals surface area contributed by atoms with Gasteiger partial charge in [-0.1, -0.05) is 60.1 Å². The number of rotatable bonds is 9. The lowest BCUT2D eigenvalue weighted by Gasteiger charge is -2.22. The summed E-state index contributed by atoms with van der Waals surface area (Å²) >= 11 is 12.1. The van der Waals surface area contributed by atoms with Crippen LogP contribution in [-0.2, 0) is 19.5 Å². The van der Waals surface area contributed by atoms with Gasteiger partial charge in [-0.05, 0) is 47.4 Å². The minimum atomic E-state index is -0.499. The Labute approximate surface area is 229 Å². The van der Waals surface area contributed by atoms with Crippen molar-refractivity contribution in [2.45, 2.75) is 25.6 Å². The van der Waals surface area contributed by atoms with Gasteiger partial charge in [-0.2, -0.15) is 0 Å². The number of hydrogen-bond acceptors (Lipinski definition) is 4. The Morgan fingerprint density at radius 1 is 0.947 bits per heavy atom. The van der Waals surface area contributed by atoms with Gasteiger partial charge in [0.25, 0.3) is 5.56 Å². The summed E-state index contributed by atoms with van der Waals surface area (Å²) in [6.07, 6.45) is 0.480. The maximum atomic E-state index is 12.9. The van der Waals surface area contributed by atoms with Crippen molar-refractivity contribution in [2.24, 2.45) is 4.99 Å². The molecule has 0 fully saturated rings. The molecule has 0 unspecified atom stereocenters. The second-order valence-corrected chi connectivity index (χ2v) is 9.31. The number of aromatic amines is 1. The Bertz CT molecular complexity index is 1490. The molecule has 0 saturated carbocycles. The molecule has 0 aliphatic rings. The van der Waals surface area contributed by atoms with Crippen LogP contribution in [0.25, 0.3) is 10.9 Å². The maximum Gasteiger partial charge on any atom is 0.315 e. The standard InChI is InChI=1S/C28H27Cl2N5O3/c29-17-33-27(31-15-20-9-10-23-22(12-20)25(36)14-26(37)34-23)24(13-18-5-2-1-3-6-18)35-28(38)32-16-19-7-4-8-21(30)11-19/h1-12,14,24H,13,15-17H2,(H,31,33)(H2,32,35,38)(H2,34,36,37)/t24-/m0/s1. The minimum absolute atomic E-state index is 0.0929. The van der Waals surface area contributed by atoms with Gasteiger partial charge in [-0.25, -0.2) is 4.79 Å². The highest BCUT2D eigenvalue weighted by molar-refractivity contribution is 6.30. The topological polar surface area (TPSA) is 119 Å². The molecule has 3 aromatic carbocycles. The fourth-order valence-corrected chi connectivity index (χ4v) is 4.37. The number of carbonyl (C=O) groups is 1. The number of pyridine rings is 1. The van der Waals surface area contributed by atoms with E-state index in [1.807, 2.05) is 48.5 Å². The summed E-state index contributed by atoms with van der Waals surface area (Å²) in [5, 5.41) is 20.2. The van der Waals surface area contributed by atoms with E-state index in [1.165, 1.54) is 0 Å². The van der Waals surface area contributed by atoms with Gasteiger partial charge in [-0.3, -0.25) is 9.79 Å². The zero-order valence-corrected chi connectivity index (χ0v) is 21.9. The van der Waals surface area contributed by atoms with Crippen LogP contribution in [0.3, 0.4) is 0 Å². The minimum Gasteiger partial charge on any atom is -0.507 e. The second kappa shape index (κ2) is 13.0. The van der Waals surface area contributed by atoms with E-state index in [9.17, 15) is 14.7 Å². The molecule has 8 nitrogen and oxygen atoms in total. The number of nitrogens with one attached hydrogen (secondary N) is 4. The molecular weight excluding hydrogens is 525 g/mol. The number of urea groups is 1. The first-order valence-electron chi connectivity index (χ1n) is 11.9. The monoisotopic (exact) mass is 551 g/mol. The fraction of sp³-hybridized carbons (Fsp3) is 0.179. The highest BCUT2D eigenvalue weighted by atomic mass is 35.5. The normalized spacial score (nSPS) is 12.2. The van der Waals surface area contributed by atoms with E-state index < -0.39 is 6.04 Å². The molecule has 0 aliphatic carbocycles. The third-order valence-electron chi connectivity index (χ3n) is 5.83. The first kappa shape index (κ1) is 27.0. The number of alkyl halides is 1. The predicted molar refractivity (Wildman–Crippen MR) is 152 cm³/mol. The number of benzene rings is 3. The molecule has 0 saturated heterocycles. The molecule has 4 rings (SSSR count). The lowest BCUT2D eigenvalue weighted by Crippen LogP contribution is -2.51. The third-order valence-corrected chi connectivity index (χ3v) is 6.19. The predicted octanol–water partition coefficient (Wildman–Crippen LogP) is 4.68. The number of hydrogen-bond donors (Lipinski definition) is 5. The van der Waals surface area contributed by atoms with Crippen LogP contribution < -0.4 is 21.5 Å². The van der Waals surface area contributed by atoms with Crippen LogP contribution in [0.2, 0.25) is 5.02 Å². The summed E-state index contributed by atoms with van der Waals surface area (Å²) in [5.41, 5.74) is 2.84. The number of aliphatic imine (C=N–C) groups is 1. The molecule has 0 aliphatic heterocycles. The summed E-state index contributed by atoms with van der Waals surface area (Å²) in [4.78, 5) is 31.9. The molecule has 1 aromatic heterocycles. The zero-order valence-electron chi connectivity index (χ0n) is 20.4. The Morgan fingerprint density at radius 3 is 2.50 bits per heavy atom. The van der Waals surface area contributed by atoms with Gasteiger partial charge in [0.1, 0.15) is 11.6 Å². The quantitative estimate of drug-likeness (QED) is 0.0897. The van der Waals surface area contributed by atoms with Gasteiger partial charge < -0.3 is 26.0 Å². The van der Waals surface area contributed by atoms with E-state index in [1.54, 1.807) is 24.3 Å². The van der Waals surface area contributed by atoms with E-state index in [4.69, 9.17) is 28.2 Å². The van der Waals surface area contributed by atoms with Crippen molar-refractivity contribution in [2.75, 3.05) is 6.00 Å². The van der Waals surface area contributed by atoms with E-state index in [0.29, 0.717) is 34.7 Å². The number of aromatic hydroxyl groups is 1. The molecular formula is C28H27Cl2N5O3. The zero-order chi connectivity index (χ0) is 26.9. The molecule has 2 amide bonds. The Hall–Kier alpha value is -4.01. The highest BCUT2D eigenvalue weighted by Crippen LogP contribution is 2.22. The first-order valence-corrected chi connectivity index (χ1v) is 12.8. The number of amidine groups is 1. The average molecular weight is 552 g/mol. The largest absolute Gasteiger partial charge is 0.507 e. The van der Waals surface area contributed by atoms with Crippen molar-refractivity contribution >= 4 is 46.0 Å². The van der Waals surface area contributed by atoms with Crippen LogP contribution >= 0.6 is 23.2 Å². The average Bonchev–Trinajstić information content (AvgIpc) is 2.90. The fourth-order valence-electron chi connectivity index (χ4n) is 4.02. The molecule has 0 bridgehead atoms. The van der Waals surface area contributed by atoms with Crippen molar-refractivity contribution < 1.29 is 9.90 Å². The van der Waals surface area contributed by atoms with E-state index in [-0.39, 0.29) is 29.9 Å². The number of halogens is 2. The van der Waals surface area contributed by atoms with Crippen molar-refractivity contribution in [1.29, 1.82) is 0 Å². The van der Waals surface area contributed by atoms with Crippen LogP contribution in [0, 0.1) is 0 Å². The lowest BCUT2D eigenvalue weighted by molar-refractivity contribution is 0.239. The van der Waals surface area contributed by atoms with Crippen molar-refractivity contribution in [1.82, 2.24) is 20.9 Å². The van der Waals surface area contributed by atoms with Gasteiger partial charge in [0, 0.05) is 23.0 Å². The summed E-state index contributed by atoms with van der Waals surface area (Å²) in [6, 6.07) is 22.7. The van der Waals surface area contributed by atoms with Crippen molar-refractivity contribution in [3.8, 4) is 5.75 Å². The van der Waals surface area contributed by atoms with Crippen LogP contribution in [0.5, 0.6) is 5.75 Å². The Morgan fingerprint density at radius 2 is 1.74 bits per heavy atom. The SMILES string of the molecule is O=C(NCc1cccc(Cl)c1)N[C@@H](Cc1ccccc1)/C(=N/Cc1ccc2[nH]c(=O)cc(O)c2c1)NCCl. The Balaban J connectivity index is 1.55. The molecule has 1 heterocycles. The van der Waals surface area contributed by atoms with Gasteiger partial charge in [0.2, 0.25) is 0 Å². The van der Waals surface area contributed by atoms with Crippen molar-refractivity contribution in [3.63, 3.8) is 0 Å². The maximum absolute atomic E-state index is 12.9. The number of amides is 2. The molecule has 38 heavy (non-hydrogen) atoms. The molecule has 10 heteroatoms. The summed E-state index contributed by atoms with van der Waals surface area (Å²) in [6.45, 7) is 0.563. The van der Waals surface area contributed by atoms with Crippen LogP contribution in [0.15, 0.2) is 88.6 Å². The first-order chi connectivity index (χ1) is 18.4. The molecule has 0 radical (unpaired) electrons. The van der Waals surface area contributed by atoms with Crippen molar-refractivity contribution in [3.05, 3.63) is 111 Å². The smallest absolute Gasteiger partial charge is 0.315 e. The molecule has 196 valence electrons. The van der Waals surface area contributed by atoms with Crippen LogP contribution in [0.1, 0.15) is 16.7 Å². The molecule has 4 aromatic rings. The summed E-state index contributed by atoms with van der Waals surface area (Å²) < 4.78 is 0. The Kier molecular flexibility index (Phi) is 9.24. The molecule has 5 N–H and O–H groups in total. The molecule has 1 atom stereocenters. The summed E-state index contributed by atoms with van der Waals surface area (Å²) in [5.74, 6) is 0.404. The van der Waals surface area contributed by atoms with Crippen LogP contribution in [0.4, 0.5) is 4.79 Å². The van der Waals surface area contributed by atoms with Gasteiger partial charge in [-0.15, -0.1) is 11.6 Å². The van der Waals surface area contributed by atoms with E-state index in [0.717, 1.165) is 22.8 Å². The number of nitrogens with zero attached hydrogens (tertiary/aromatic N) is 1. The highest BCUT2D eigenvalue weighted by Gasteiger charge is 2.19. The van der Waals surface area contributed by atoms with Crippen LogP contribution in [-0.4, -0.2) is 34.0 Å². The third kappa shape index (κ3) is 7.50. The van der Waals surface area contributed by atoms with E-state index >= 15 is 0 Å². The summed E-state index contributed by atoms with van der Waals surface area (Å²) in [7, 11) is 0. The number of aromatic nitrogens is 1. The number of fused-ring (bicyclic) bond motifs is 1. The molecule has 0 spiro atoms. The number of carbonyl (C=O) groups excluding carboxylic acids is 1. The number of H-pyrrole nitrogens is 1. The van der Waals surface area contributed by atoms with Gasteiger partial charge in [0.15, 0.2) is 0 Å².